The van der Waals surface area contributed by atoms with Crippen LogP contribution >= 0.6 is 0 Å². The Balaban J connectivity index is 1.78. The molecule has 0 aliphatic heterocycles. The van der Waals surface area contributed by atoms with Gasteiger partial charge in [-0.25, -0.2) is 0 Å². The van der Waals surface area contributed by atoms with Crippen molar-refractivity contribution in [2.24, 2.45) is 5.41 Å². The molecule has 0 saturated heterocycles. The Morgan fingerprint density at radius 3 is 2.53 bits per heavy atom. The maximum absolute atomic E-state index is 10.5. The Bertz CT molecular complexity index is 273. The summed E-state index contributed by atoms with van der Waals surface area (Å²) in [6.07, 6.45) is 12.4. The fraction of sp³-hybridized carbons (Fsp3) is 0.867. The third kappa shape index (κ3) is 3.82. The van der Waals surface area contributed by atoms with E-state index in [1.807, 2.05) is 0 Å². The van der Waals surface area contributed by atoms with Gasteiger partial charge in [-0.3, -0.25) is 0 Å². The summed E-state index contributed by atoms with van der Waals surface area (Å²) in [6, 6.07) is 0.489. The van der Waals surface area contributed by atoms with Crippen LogP contribution < -0.4 is 5.32 Å². The lowest BCUT2D eigenvalue weighted by molar-refractivity contribution is -0.0254. The van der Waals surface area contributed by atoms with Crippen LogP contribution in [0.1, 0.15) is 58.8 Å². The van der Waals surface area contributed by atoms with Crippen molar-refractivity contribution in [1.29, 1.82) is 0 Å². The Morgan fingerprint density at radius 2 is 1.94 bits per heavy atom. The molecule has 2 aliphatic rings. The number of aliphatic hydroxyl groups is 1. The van der Waals surface area contributed by atoms with Gasteiger partial charge in [0, 0.05) is 12.6 Å². The summed E-state index contributed by atoms with van der Waals surface area (Å²) < 4.78 is 0. The molecule has 0 aromatic rings. The van der Waals surface area contributed by atoms with Gasteiger partial charge in [-0.05, 0) is 50.4 Å². The van der Waals surface area contributed by atoms with Crippen LogP contribution in [0.4, 0.5) is 0 Å². The molecule has 2 rings (SSSR count). The summed E-state index contributed by atoms with van der Waals surface area (Å²) in [7, 11) is 0. The number of nitrogens with one attached hydrogen (secondary N) is 1. The first-order valence-electron chi connectivity index (χ1n) is 7.12. The van der Waals surface area contributed by atoms with E-state index in [9.17, 15) is 5.11 Å². The number of hydrogen-bond donors (Lipinski definition) is 2. The van der Waals surface area contributed by atoms with Crippen LogP contribution in [0.5, 0.6) is 0 Å². The summed E-state index contributed by atoms with van der Waals surface area (Å²) in [5, 5.41) is 14.1. The lowest BCUT2D eigenvalue weighted by Crippen LogP contribution is -2.47. The van der Waals surface area contributed by atoms with E-state index in [4.69, 9.17) is 0 Å². The average Bonchev–Trinajstić information content (AvgIpc) is 2.33. The van der Waals surface area contributed by atoms with Crippen LogP contribution in [-0.2, 0) is 0 Å². The summed E-state index contributed by atoms with van der Waals surface area (Å²) in [5.74, 6) is 0. The molecule has 0 spiro atoms. The van der Waals surface area contributed by atoms with Crippen LogP contribution in [0, 0.1) is 5.41 Å². The second-order valence-electron chi connectivity index (χ2n) is 6.74. The molecule has 0 bridgehead atoms. The lowest BCUT2D eigenvalue weighted by atomic mass is 9.71. The molecular weight excluding hydrogens is 210 g/mol. The zero-order valence-electron chi connectivity index (χ0n) is 11.3. The molecule has 1 saturated carbocycles. The highest BCUT2D eigenvalue weighted by Gasteiger charge is 2.36. The molecule has 1 atom stereocenters. The maximum Gasteiger partial charge on any atom is 0.0772 e. The number of hydrogen-bond acceptors (Lipinski definition) is 2. The monoisotopic (exact) mass is 237 g/mol. The van der Waals surface area contributed by atoms with Gasteiger partial charge in [-0.1, -0.05) is 26.0 Å². The largest absolute Gasteiger partial charge is 0.389 e. The first kappa shape index (κ1) is 13.1. The van der Waals surface area contributed by atoms with Gasteiger partial charge in [-0.2, -0.15) is 0 Å². The second kappa shape index (κ2) is 5.11. The van der Waals surface area contributed by atoms with E-state index in [0.717, 1.165) is 32.2 Å². The van der Waals surface area contributed by atoms with Crippen LogP contribution in [0.25, 0.3) is 0 Å². The molecule has 1 fully saturated rings. The van der Waals surface area contributed by atoms with E-state index >= 15 is 0 Å². The van der Waals surface area contributed by atoms with Crippen molar-refractivity contribution < 1.29 is 5.11 Å². The van der Waals surface area contributed by atoms with E-state index in [2.05, 4.69) is 31.3 Å². The first-order valence-corrected chi connectivity index (χ1v) is 7.12. The molecule has 98 valence electrons. The highest BCUT2D eigenvalue weighted by molar-refractivity contribution is 4.99. The van der Waals surface area contributed by atoms with Gasteiger partial charge >= 0.3 is 0 Å². The van der Waals surface area contributed by atoms with Crippen LogP contribution in [0.15, 0.2) is 12.2 Å². The van der Waals surface area contributed by atoms with Gasteiger partial charge in [0.2, 0.25) is 0 Å². The van der Waals surface area contributed by atoms with Gasteiger partial charge in [-0.15, -0.1) is 0 Å². The summed E-state index contributed by atoms with van der Waals surface area (Å²) in [4.78, 5) is 0. The normalized spacial score (nSPS) is 31.4. The molecule has 2 nitrogen and oxygen atoms in total. The molecule has 0 heterocycles. The second-order valence-corrected chi connectivity index (χ2v) is 6.74. The number of allylic oxidation sites excluding steroid dienone is 1. The van der Waals surface area contributed by atoms with E-state index in [0.29, 0.717) is 11.5 Å². The van der Waals surface area contributed by atoms with Gasteiger partial charge in [0.25, 0.3) is 0 Å². The van der Waals surface area contributed by atoms with Crippen LogP contribution in [-0.4, -0.2) is 23.3 Å². The standard InChI is InChI=1S/C15H27NO/c1-14(2)8-10-15(17,11-9-14)12-16-13-6-4-3-5-7-13/h4,6,13,16-17H,3,5,7-12H2,1-2H3. The fourth-order valence-corrected chi connectivity index (χ4v) is 2.87. The minimum absolute atomic E-state index is 0.428. The molecular formula is C15H27NO. The van der Waals surface area contributed by atoms with Crippen molar-refractivity contribution >= 4 is 0 Å². The predicted octanol–water partition coefficient (Wildman–Crippen LogP) is 3.02. The molecule has 0 amide bonds. The van der Waals surface area contributed by atoms with E-state index in [-0.39, 0.29) is 0 Å². The third-order valence-corrected chi connectivity index (χ3v) is 4.48. The molecule has 0 aromatic heterocycles. The van der Waals surface area contributed by atoms with Crippen molar-refractivity contribution in [3.8, 4) is 0 Å². The highest BCUT2D eigenvalue weighted by Crippen LogP contribution is 2.39. The van der Waals surface area contributed by atoms with Gasteiger partial charge in [0.05, 0.1) is 5.60 Å². The van der Waals surface area contributed by atoms with Gasteiger partial charge < -0.3 is 10.4 Å². The van der Waals surface area contributed by atoms with E-state index < -0.39 is 5.60 Å². The fourth-order valence-electron chi connectivity index (χ4n) is 2.87. The molecule has 2 aliphatic carbocycles. The Labute approximate surface area is 105 Å². The topological polar surface area (TPSA) is 32.3 Å². The highest BCUT2D eigenvalue weighted by atomic mass is 16.3. The predicted molar refractivity (Wildman–Crippen MR) is 72.0 cm³/mol. The quantitative estimate of drug-likeness (QED) is 0.740. The third-order valence-electron chi connectivity index (χ3n) is 4.48. The van der Waals surface area contributed by atoms with Crippen molar-refractivity contribution in [3.63, 3.8) is 0 Å². The molecule has 0 radical (unpaired) electrons. The average molecular weight is 237 g/mol. The zero-order valence-corrected chi connectivity index (χ0v) is 11.3. The van der Waals surface area contributed by atoms with E-state index in [1.165, 1.54) is 19.3 Å². The minimum Gasteiger partial charge on any atom is -0.389 e. The van der Waals surface area contributed by atoms with Crippen LogP contribution in [0.3, 0.4) is 0 Å². The molecule has 2 N–H and O–H groups in total. The first-order chi connectivity index (χ1) is 7.99. The molecule has 2 heteroatoms. The lowest BCUT2D eigenvalue weighted by Gasteiger charge is -2.41. The summed E-state index contributed by atoms with van der Waals surface area (Å²) in [5.41, 5.74) is -0.0300. The molecule has 1 unspecified atom stereocenters. The van der Waals surface area contributed by atoms with Crippen molar-refractivity contribution in [3.05, 3.63) is 12.2 Å². The molecule has 0 aromatic carbocycles. The van der Waals surface area contributed by atoms with Gasteiger partial charge in [0.1, 0.15) is 0 Å². The van der Waals surface area contributed by atoms with Crippen molar-refractivity contribution in [2.45, 2.75) is 70.4 Å². The maximum atomic E-state index is 10.5. The van der Waals surface area contributed by atoms with Crippen LogP contribution in [0.2, 0.25) is 0 Å². The van der Waals surface area contributed by atoms with Crippen molar-refractivity contribution in [1.82, 2.24) is 5.32 Å². The summed E-state index contributed by atoms with van der Waals surface area (Å²) in [6.45, 7) is 5.38. The summed E-state index contributed by atoms with van der Waals surface area (Å²) >= 11 is 0. The van der Waals surface area contributed by atoms with E-state index in [1.54, 1.807) is 0 Å². The Kier molecular flexibility index (Phi) is 3.94. The van der Waals surface area contributed by atoms with Crippen molar-refractivity contribution in [2.75, 3.05) is 6.54 Å². The Hall–Kier alpha value is -0.340. The zero-order chi connectivity index (χ0) is 12.4. The SMILES string of the molecule is CC1(C)CCC(O)(CNC2C=CCCC2)CC1. The number of rotatable bonds is 3. The Morgan fingerprint density at radius 1 is 1.24 bits per heavy atom. The van der Waals surface area contributed by atoms with Gasteiger partial charge in [0.15, 0.2) is 0 Å². The smallest absolute Gasteiger partial charge is 0.0772 e. The molecule has 17 heavy (non-hydrogen) atoms. The minimum atomic E-state index is -0.458.